The highest BCUT2D eigenvalue weighted by molar-refractivity contribution is 5.99. The molecule has 6 heteroatoms. The third kappa shape index (κ3) is 3.43. The Morgan fingerprint density at radius 1 is 1.37 bits per heavy atom. The second-order valence-electron chi connectivity index (χ2n) is 4.42. The topological polar surface area (TPSA) is 81.4 Å². The van der Waals surface area contributed by atoms with Crippen LogP contribution in [0.2, 0.25) is 0 Å². The lowest BCUT2D eigenvalue weighted by molar-refractivity contribution is -0.142. The first-order valence-corrected chi connectivity index (χ1v) is 5.81. The van der Waals surface area contributed by atoms with Gasteiger partial charge in [-0.3, -0.25) is 4.79 Å². The fourth-order valence-electron chi connectivity index (χ4n) is 1.69. The summed E-state index contributed by atoms with van der Waals surface area (Å²) in [5, 5.41) is 2.80. The van der Waals surface area contributed by atoms with Crippen molar-refractivity contribution in [1.82, 2.24) is 0 Å². The highest BCUT2D eigenvalue weighted by atomic mass is 19.1. The molecule has 1 aromatic rings. The van der Waals surface area contributed by atoms with Crippen LogP contribution in [0, 0.1) is 11.7 Å². The molecule has 1 rings (SSSR count). The number of nitrogens with two attached hydrogens (primary N) is 1. The molecular weight excluding hydrogens is 251 g/mol. The fraction of sp³-hybridized carbons (Fsp3) is 0.385. The molecular formula is C13H17FN2O3. The van der Waals surface area contributed by atoms with E-state index >= 15 is 0 Å². The maximum atomic E-state index is 13.6. The lowest BCUT2D eigenvalue weighted by Gasteiger charge is -2.22. The standard InChI is InChI=1S/C13H17FN2O3/c1-7(2)11(13(18)19-3)16-9-6-4-5-8(14)10(9)12(15)17/h4-7,11,16H,1-3H3,(H2,15,17). The van der Waals surface area contributed by atoms with E-state index in [4.69, 9.17) is 5.73 Å². The number of methoxy groups -OCH3 is 1. The van der Waals surface area contributed by atoms with Gasteiger partial charge in [0.2, 0.25) is 0 Å². The molecule has 1 unspecified atom stereocenters. The maximum Gasteiger partial charge on any atom is 0.328 e. The number of primary amides is 1. The number of hydrogen-bond donors (Lipinski definition) is 2. The van der Waals surface area contributed by atoms with E-state index in [1.165, 1.54) is 19.2 Å². The smallest absolute Gasteiger partial charge is 0.328 e. The van der Waals surface area contributed by atoms with Gasteiger partial charge >= 0.3 is 5.97 Å². The molecule has 104 valence electrons. The van der Waals surface area contributed by atoms with E-state index < -0.39 is 23.7 Å². The second kappa shape index (κ2) is 6.17. The van der Waals surface area contributed by atoms with Gasteiger partial charge in [0, 0.05) is 0 Å². The number of amides is 1. The van der Waals surface area contributed by atoms with Crippen molar-refractivity contribution in [2.24, 2.45) is 11.7 Å². The summed E-state index contributed by atoms with van der Waals surface area (Å²) in [4.78, 5) is 22.9. The van der Waals surface area contributed by atoms with E-state index in [2.05, 4.69) is 10.1 Å². The number of hydrogen-bond acceptors (Lipinski definition) is 4. The van der Waals surface area contributed by atoms with Gasteiger partial charge in [-0.05, 0) is 18.1 Å². The average Bonchev–Trinajstić information content (AvgIpc) is 2.34. The van der Waals surface area contributed by atoms with Gasteiger partial charge in [0.15, 0.2) is 0 Å². The van der Waals surface area contributed by atoms with E-state index in [1.54, 1.807) is 13.8 Å². The molecule has 1 atom stereocenters. The molecule has 3 N–H and O–H groups in total. The summed E-state index contributed by atoms with van der Waals surface area (Å²) in [6, 6.07) is 3.36. The molecule has 0 aromatic heterocycles. The normalized spacial score (nSPS) is 12.1. The Balaban J connectivity index is 3.13. The Morgan fingerprint density at radius 3 is 2.47 bits per heavy atom. The van der Waals surface area contributed by atoms with Crippen molar-refractivity contribution in [3.05, 3.63) is 29.6 Å². The summed E-state index contributed by atoms with van der Waals surface area (Å²) in [5.41, 5.74) is 5.05. The Hall–Kier alpha value is -2.11. The van der Waals surface area contributed by atoms with Crippen molar-refractivity contribution in [2.45, 2.75) is 19.9 Å². The monoisotopic (exact) mass is 268 g/mol. The van der Waals surface area contributed by atoms with Gasteiger partial charge in [-0.15, -0.1) is 0 Å². The predicted octanol–water partition coefficient (Wildman–Crippen LogP) is 1.53. The average molecular weight is 268 g/mol. The lowest BCUT2D eigenvalue weighted by atomic mass is 10.0. The van der Waals surface area contributed by atoms with E-state index in [9.17, 15) is 14.0 Å². The Labute approximate surface area is 110 Å². The van der Waals surface area contributed by atoms with Gasteiger partial charge in [0.05, 0.1) is 18.4 Å². The summed E-state index contributed by atoms with van der Waals surface area (Å²) in [5.74, 6) is -2.22. The van der Waals surface area contributed by atoms with E-state index in [-0.39, 0.29) is 17.2 Å². The van der Waals surface area contributed by atoms with Crippen LogP contribution >= 0.6 is 0 Å². The molecule has 0 bridgehead atoms. The molecule has 0 radical (unpaired) electrons. The zero-order valence-electron chi connectivity index (χ0n) is 11.1. The molecule has 5 nitrogen and oxygen atoms in total. The van der Waals surface area contributed by atoms with Crippen molar-refractivity contribution in [1.29, 1.82) is 0 Å². The van der Waals surface area contributed by atoms with E-state index in [1.807, 2.05) is 0 Å². The van der Waals surface area contributed by atoms with Gasteiger partial charge in [0.1, 0.15) is 11.9 Å². The zero-order chi connectivity index (χ0) is 14.6. The second-order valence-corrected chi connectivity index (χ2v) is 4.42. The molecule has 0 fully saturated rings. The molecule has 0 heterocycles. The highest BCUT2D eigenvalue weighted by Crippen LogP contribution is 2.21. The van der Waals surface area contributed by atoms with E-state index in [0.717, 1.165) is 6.07 Å². The molecule has 1 amide bonds. The van der Waals surface area contributed by atoms with Crippen LogP contribution in [0.1, 0.15) is 24.2 Å². The van der Waals surface area contributed by atoms with Crippen LogP contribution in [0.3, 0.4) is 0 Å². The van der Waals surface area contributed by atoms with Gasteiger partial charge < -0.3 is 15.8 Å². The summed E-state index contributed by atoms with van der Waals surface area (Å²) >= 11 is 0. The Kier molecular flexibility index (Phi) is 4.86. The number of carbonyl (C=O) groups is 2. The number of carbonyl (C=O) groups excluding carboxylic acids is 2. The minimum atomic E-state index is -0.895. The molecule has 0 saturated heterocycles. The maximum absolute atomic E-state index is 13.6. The largest absolute Gasteiger partial charge is 0.467 e. The SMILES string of the molecule is COC(=O)C(Nc1cccc(F)c1C(N)=O)C(C)C. The molecule has 0 saturated carbocycles. The van der Waals surface area contributed by atoms with Crippen LogP contribution in [-0.4, -0.2) is 25.0 Å². The number of halogens is 1. The van der Waals surface area contributed by atoms with E-state index in [0.29, 0.717) is 0 Å². The minimum absolute atomic E-state index is 0.101. The summed E-state index contributed by atoms with van der Waals surface area (Å²) in [6.45, 7) is 3.61. The summed E-state index contributed by atoms with van der Waals surface area (Å²) in [7, 11) is 1.26. The van der Waals surface area contributed by atoms with Crippen LogP contribution < -0.4 is 11.1 Å². The first-order valence-electron chi connectivity index (χ1n) is 5.81. The van der Waals surface area contributed by atoms with Crippen LogP contribution in [0.15, 0.2) is 18.2 Å². The zero-order valence-corrected chi connectivity index (χ0v) is 11.1. The first kappa shape index (κ1) is 14.9. The Morgan fingerprint density at radius 2 is 2.00 bits per heavy atom. The lowest BCUT2D eigenvalue weighted by Crippen LogP contribution is -2.36. The van der Waals surface area contributed by atoms with Crippen molar-refractivity contribution < 1.29 is 18.7 Å². The van der Waals surface area contributed by atoms with Crippen LogP contribution in [0.5, 0.6) is 0 Å². The van der Waals surface area contributed by atoms with Crippen LogP contribution in [0.25, 0.3) is 0 Å². The molecule has 0 aliphatic heterocycles. The number of rotatable bonds is 5. The van der Waals surface area contributed by atoms with Gasteiger partial charge in [-0.1, -0.05) is 19.9 Å². The van der Waals surface area contributed by atoms with Gasteiger partial charge in [-0.2, -0.15) is 0 Å². The number of anilines is 1. The number of esters is 1. The van der Waals surface area contributed by atoms with Crippen molar-refractivity contribution in [3.8, 4) is 0 Å². The predicted molar refractivity (Wildman–Crippen MR) is 69.2 cm³/mol. The van der Waals surface area contributed by atoms with Gasteiger partial charge in [0.25, 0.3) is 5.91 Å². The highest BCUT2D eigenvalue weighted by Gasteiger charge is 2.25. The third-order valence-corrected chi connectivity index (χ3v) is 2.69. The molecule has 0 spiro atoms. The molecule has 19 heavy (non-hydrogen) atoms. The van der Waals surface area contributed by atoms with Crippen molar-refractivity contribution in [2.75, 3.05) is 12.4 Å². The van der Waals surface area contributed by atoms with Crippen molar-refractivity contribution >= 4 is 17.6 Å². The molecule has 1 aromatic carbocycles. The summed E-state index contributed by atoms with van der Waals surface area (Å²) in [6.07, 6.45) is 0. The number of nitrogens with one attached hydrogen (secondary N) is 1. The Bertz CT molecular complexity index is 489. The fourth-order valence-corrected chi connectivity index (χ4v) is 1.69. The minimum Gasteiger partial charge on any atom is -0.467 e. The van der Waals surface area contributed by atoms with Crippen molar-refractivity contribution in [3.63, 3.8) is 0 Å². The number of benzene rings is 1. The quantitative estimate of drug-likeness (QED) is 0.793. The van der Waals surface area contributed by atoms with Crippen LogP contribution in [-0.2, 0) is 9.53 Å². The molecule has 0 aliphatic carbocycles. The van der Waals surface area contributed by atoms with Gasteiger partial charge in [-0.25, -0.2) is 9.18 Å². The summed E-state index contributed by atoms with van der Waals surface area (Å²) < 4.78 is 18.2. The number of ether oxygens (including phenoxy) is 1. The third-order valence-electron chi connectivity index (χ3n) is 2.69. The first-order chi connectivity index (χ1) is 8.88. The van der Waals surface area contributed by atoms with Crippen LogP contribution in [0.4, 0.5) is 10.1 Å². The molecule has 0 aliphatic rings.